The molecule has 2 aromatic rings. The third-order valence-electron chi connectivity index (χ3n) is 2.83. The molecule has 0 spiro atoms. The van der Waals surface area contributed by atoms with Gasteiger partial charge in [0.15, 0.2) is 5.34 Å². The predicted octanol–water partition coefficient (Wildman–Crippen LogP) is 3.06. The van der Waals surface area contributed by atoms with Crippen LogP contribution < -0.4 is 10.1 Å². The molecule has 0 atom stereocenters. The van der Waals surface area contributed by atoms with Crippen molar-refractivity contribution in [3.8, 4) is 5.75 Å². The van der Waals surface area contributed by atoms with E-state index >= 15 is 0 Å². The van der Waals surface area contributed by atoms with E-state index in [2.05, 4.69) is 15.5 Å². The van der Waals surface area contributed by atoms with Gasteiger partial charge in [-0.2, -0.15) is 0 Å². The molecule has 0 saturated heterocycles. The highest BCUT2D eigenvalue weighted by Crippen LogP contribution is 2.17. The molecule has 0 aliphatic carbocycles. The Morgan fingerprint density at radius 2 is 1.87 bits per heavy atom. The number of nitrogens with zero attached hydrogens (tertiary/aromatic N) is 1. The van der Waals surface area contributed by atoms with E-state index in [1.807, 2.05) is 0 Å². The van der Waals surface area contributed by atoms with Gasteiger partial charge in [0.2, 0.25) is 5.91 Å². The number of benzene rings is 2. The lowest BCUT2D eigenvalue weighted by molar-refractivity contribution is -0.114. The van der Waals surface area contributed by atoms with Crippen molar-refractivity contribution in [1.29, 1.82) is 0 Å². The maximum absolute atomic E-state index is 12.1. The van der Waals surface area contributed by atoms with E-state index in [0.717, 1.165) is 0 Å². The van der Waals surface area contributed by atoms with Crippen LogP contribution in [0.4, 0.5) is 5.69 Å². The van der Waals surface area contributed by atoms with Gasteiger partial charge in [0.1, 0.15) is 12.4 Å². The van der Waals surface area contributed by atoms with E-state index < -0.39 is 5.97 Å². The largest absolute Gasteiger partial charge is 0.423 e. The molecule has 0 heterocycles. The van der Waals surface area contributed by atoms with Gasteiger partial charge in [-0.15, -0.1) is 4.91 Å². The van der Waals surface area contributed by atoms with Gasteiger partial charge >= 0.3 is 5.97 Å². The standard InChI is InChI=1S/C16H14N2O5/c1-11(19)17-14-5-7-15(8-6-14)23-16(20)13-4-2-3-12(9-13)10-22-18-21/h2-9H,10H2,1H3,(H,17,19). The summed E-state index contributed by atoms with van der Waals surface area (Å²) in [6.45, 7) is 1.39. The van der Waals surface area contributed by atoms with Crippen molar-refractivity contribution in [1.82, 2.24) is 0 Å². The summed E-state index contributed by atoms with van der Waals surface area (Å²) in [5, 5.41) is 4.92. The molecule has 118 valence electrons. The summed E-state index contributed by atoms with van der Waals surface area (Å²) in [5.74, 6) is -0.378. The molecule has 0 saturated carbocycles. The maximum atomic E-state index is 12.1. The van der Waals surface area contributed by atoms with Crippen molar-refractivity contribution in [2.45, 2.75) is 13.5 Å². The van der Waals surface area contributed by atoms with Gasteiger partial charge in [-0.3, -0.25) is 4.79 Å². The highest BCUT2D eigenvalue weighted by molar-refractivity contribution is 5.91. The monoisotopic (exact) mass is 314 g/mol. The highest BCUT2D eigenvalue weighted by Gasteiger charge is 2.09. The van der Waals surface area contributed by atoms with Gasteiger partial charge in [0.25, 0.3) is 0 Å². The number of carbonyl (C=O) groups is 2. The van der Waals surface area contributed by atoms with Crippen molar-refractivity contribution in [2.75, 3.05) is 5.32 Å². The number of nitrogens with one attached hydrogen (secondary N) is 1. The summed E-state index contributed by atoms with van der Waals surface area (Å²) < 4.78 is 5.24. The predicted molar refractivity (Wildman–Crippen MR) is 82.7 cm³/mol. The fourth-order valence-corrected chi connectivity index (χ4v) is 1.86. The smallest absolute Gasteiger partial charge is 0.343 e. The number of hydrogen-bond donors (Lipinski definition) is 1. The van der Waals surface area contributed by atoms with Crippen LogP contribution in [0.1, 0.15) is 22.8 Å². The zero-order chi connectivity index (χ0) is 16.7. The number of anilines is 1. The molecule has 1 amide bonds. The van der Waals surface area contributed by atoms with E-state index in [1.54, 1.807) is 48.5 Å². The van der Waals surface area contributed by atoms with Crippen LogP contribution in [0.5, 0.6) is 5.75 Å². The molecule has 0 aliphatic rings. The van der Waals surface area contributed by atoms with Crippen LogP contribution >= 0.6 is 0 Å². The molecular formula is C16H14N2O5. The summed E-state index contributed by atoms with van der Waals surface area (Å²) in [7, 11) is 0. The zero-order valence-corrected chi connectivity index (χ0v) is 12.3. The third kappa shape index (κ3) is 4.92. The van der Waals surface area contributed by atoms with Crippen molar-refractivity contribution >= 4 is 17.6 Å². The molecule has 1 N–H and O–H groups in total. The van der Waals surface area contributed by atoms with Crippen molar-refractivity contribution in [3.63, 3.8) is 0 Å². The average molecular weight is 314 g/mol. The second-order valence-corrected chi connectivity index (χ2v) is 4.64. The van der Waals surface area contributed by atoms with Crippen LogP contribution in [0.3, 0.4) is 0 Å². The van der Waals surface area contributed by atoms with Gasteiger partial charge in [-0.05, 0) is 42.0 Å². The molecule has 0 aromatic heterocycles. The summed E-state index contributed by atoms with van der Waals surface area (Å²) >= 11 is 0. The van der Waals surface area contributed by atoms with Gasteiger partial charge in [0.05, 0.1) is 5.56 Å². The van der Waals surface area contributed by atoms with Crippen molar-refractivity contribution in [3.05, 3.63) is 64.6 Å². The van der Waals surface area contributed by atoms with Crippen molar-refractivity contribution in [2.24, 2.45) is 5.34 Å². The number of hydrogen-bond acceptors (Lipinski definition) is 6. The van der Waals surface area contributed by atoms with Crippen LogP contribution in [0.2, 0.25) is 0 Å². The Morgan fingerprint density at radius 3 is 2.52 bits per heavy atom. The molecule has 0 aliphatic heterocycles. The molecule has 0 radical (unpaired) electrons. The van der Waals surface area contributed by atoms with E-state index in [-0.39, 0.29) is 12.5 Å². The van der Waals surface area contributed by atoms with Crippen LogP contribution in [-0.2, 0) is 16.2 Å². The Labute approximate surface area is 132 Å². The first kappa shape index (κ1) is 16.2. The fourth-order valence-electron chi connectivity index (χ4n) is 1.86. The molecule has 2 rings (SSSR count). The molecule has 0 bridgehead atoms. The first-order valence-corrected chi connectivity index (χ1v) is 6.72. The highest BCUT2D eigenvalue weighted by atomic mass is 16.7. The fraction of sp³-hybridized carbons (Fsp3) is 0.125. The molecule has 0 fully saturated rings. The maximum Gasteiger partial charge on any atom is 0.343 e. The van der Waals surface area contributed by atoms with Crippen LogP contribution in [0, 0.1) is 4.91 Å². The van der Waals surface area contributed by atoms with E-state index in [4.69, 9.17) is 4.74 Å². The van der Waals surface area contributed by atoms with Gasteiger partial charge in [-0.25, -0.2) is 4.79 Å². The van der Waals surface area contributed by atoms with Crippen LogP contribution in [-0.4, -0.2) is 11.9 Å². The SMILES string of the molecule is CC(=O)Nc1ccc(OC(=O)c2cccc(CON=O)c2)cc1. The molecular weight excluding hydrogens is 300 g/mol. The minimum absolute atomic E-state index is 0.0178. The molecule has 2 aromatic carbocycles. The topological polar surface area (TPSA) is 94.1 Å². The van der Waals surface area contributed by atoms with E-state index in [1.165, 1.54) is 6.92 Å². The Hall–Kier alpha value is -3.22. The normalized spacial score (nSPS) is 9.78. The van der Waals surface area contributed by atoms with E-state index in [0.29, 0.717) is 22.6 Å². The average Bonchev–Trinajstić information content (AvgIpc) is 2.54. The second kappa shape index (κ2) is 7.69. The molecule has 7 heteroatoms. The Balaban J connectivity index is 2.03. The zero-order valence-electron chi connectivity index (χ0n) is 12.3. The quantitative estimate of drug-likeness (QED) is 0.383. The number of rotatable bonds is 6. The minimum Gasteiger partial charge on any atom is -0.423 e. The summed E-state index contributed by atoms with van der Waals surface area (Å²) in [5.41, 5.74) is 1.56. The first-order chi connectivity index (χ1) is 11.1. The molecule has 23 heavy (non-hydrogen) atoms. The van der Waals surface area contributed by atoms with Crippen LogP contribution in [0.15, 0.2) is 53.9 Å². The van der Waals surface area contributed by atoms with Gasteiger partial charge < -0.3 is 14.9 Å². The second-order valence-electron chi connectivity index (χ2n) is 4.64. The lowest BCUT2D eigenvalue weighted by atomic mass is 10.1. The number of amides is 1. The van der Waals surface area contributed by atoms with Gasteiger partial charge in [-0.1, -0.05) is 12.1 Å². The van der Waals surface area contributed by atoms with Gasteiger partial charge in [0, 0.05) is 12.6 Å². The third-order valence-corrected chi connectivity index (χ3v) is 2.83. The number of esters is 1. The summed E-state index contributed by atoms with van der Waals surface area (Å²) in [4.78, 5) is 37.4. The van der Waals surface area contributed by atoms with Crippen molar-refractivity contribution < 1.29 is 19.2 Å². The number of carbonyl (C=O) groups excluding carboxylic acids is 2. The first-order valence-electron chi connectivity index (χ1n) is 6.72. The Bertz CT molecular complexity index is 713. The summed E-state index contributed by atoms with van der Waals surface area (Å²) in [6, 6.07) is 12.9. The van der Waals surface area contributed by atoms with Crippen LogP contribution in [0.25, 0.3) is 0 Å². The molecule has 0 unspecified atom stereocenters. The lowest BCUT2D eigenvalue weighted by Crippen LogP contribution is -2.09. The van der Waals surface area contributed by atoms with E-state index in [9.17, 15) is 14.5 Å². The lowest BCUT2D eigenvalue weighted by Gasteiger charge is -2.07. The Morgan fingerprint density at radius 1 is 1.13 bits per heavy atom. The minimum atomic E-state index is -0.543. The molecule has 7 nitrogen and oxygen atoms in total. The Kier molecular flexibility index (Phi) is 5.40. The number of ether oxygens (including phenoxy) is 1. The summed E-state index contributed by atoms with van der Waals surface area (Å²) in [6.07, 6.45) is 0.